The molecule has 0 bridgehead atoms. The number of nitrogens with one attached hydrogen (secondary N) is 2. The summed E-state index contributed by atoms with van der Waals surface area (Å²) in [6, 6.07) is 5.43. The molecule has 6 rings (SSSR count). The number of H-pyrrole nitrogens is 1. The minimum Gasteiger partial charge on any atom is -0.402 e. The first kappa shape index (κ1) is 18.8. The lowest BCUT2D eigenvalue weighted by Crippen LogP contribution is -2.23. The lowest BCUT2D eigenvalue weighted by molar-refractivity contribution is 0.542. The van der Waals surface area contributed by atoms with Gasteiger partial charge in [0.25, 0.3) is 5.89 Å². The molecular formula is C20H17F2N9O. The van der Waals surface area contributed by atoms with Crippen LogP contribution in [0.5, 0.6) is 0 Å². The maximum Gasteiger partial charge on any atom is 0.318 e. The van der Waals surface area contributed by atoms with Crippen molar-refractivity contribution in [1.82, 2.24) is 35.6 Å². The molecule has 0 spiro atoms. The minimum absolute atomic E-state index is 0.163. The van der Waals surface area contributed by atoms with E-state index in [0.29, 0.717) is 35.0 Å². The van der Waals surface area contributed by atoms with Crippen LogP contribution in [0.3, 0.4) is 0 Å². The molecule has 10 nitrogen and oxygen atoms in total. The molecule has 1 saturated carbocycles. The molecule has 32 heavy (non-hydrogen) atoms. The van der Waals surface area contributed by atoms with Crippen molar-refractivity contribution in [2.75, 3.05) is 23.3 Å². The van der Waals surface area contributed by atoms with Gasteiger partial charge in [0.15, 0.2) is 0 Å². The monoisotopic (exact) mass is 437 g/mol. The Labute approximate surface area is 180 Å². The lowest BCUT2D eigenvalue weighted by Gasteiger charge is -2.15. The van der Waals surface area contributed by atoms with Crippen molar-refractivity contribution in [2.45, 2.75) is 12.5 Å². The van der Waals surface area contributed by atoms with Crippen LogP contribution in [0.1, 0.15) is 17.2 Å². The number of fused-ring (bicyclic) bond motifs is 1. The summed E-state index contributed by atoms with van der Waals surface area (Å²) < 4.78 is 32.6. The molecule has 1 aromatic carbocycles. The molecule has 0 amide bonds. The molecule has 4 heterocycles. The highest BCUT2D eigenvalue weighted by Crippen LogP contribution is 2.58. The van der Waals surface area contributed by atoms with Crippen LogP contribution in [0.2, 0.25) is 0 Å². The third kappa shape index (κ3) is 3.43. The maximum atomic E-state index is 13.4. The third-order valence-electron chi connectivity index (χ3n) is 5.90. The Kier molecular flexibility index (Phi) is 4.30. The highest BCUT2D eigenvalue weighted by atomic mass is 19.1. The second kappa shape index (κ2) is 7.32. The first-order valence-corrected chi connectivity index (χ1v) is 10.1. The number of hydrogen-bond acceptors (Lipinski definition) is 9. The molecule has 162 valence electrons. The quantitative estimate of drug-likeness (QED) is 0.468. The van der Waals surface area contributed by atoms with Crippen LogP contribution >= 0.6 is 0 Å². The first-order valence-electron chi connectivity index (χ1n) is 10.1. The Balaban J connectivity index is 1.12. The van der Waals surface area contributed by atoms with E-state index >= 15 is 0 Å². The van der Waals surface area contributed by atoms with Crippen LogP contribution in [-0.2, 0) is 6.54 Å². The predicted molar refractivity (Wildman–Crippen MR) is 107 cm³/mol. The van der Waals surface area contributed by atoms with Crippen molar-refractivity contribution >= 4 is 12.0 Å². The fraction of sp³-hybridized carbons (Fsp3) is 0.300. The number of aromatic amines is 1. The summed E-state index contributed by atoms with van der Waals surface area (Å²) in [6.45, 7) is 1.81. The Bertz CT molecular complexity index is 1230. The molecule has 0 radical (unpaired) electrons. The summed E-state index contributed by atoms with van der Waals surface area (Å²) in [5.41, 5.74) is 1.90. The van der Waals surface area contributed by atoms with Crippen molar-refractivity contribution in [1.29, 1.82) is 0 Å². The third-order valence-corrected chi connectivity index (χ3v) is 5.90. The largest absolute Gasteiger partial charge is 0.402 e. The van der Waals surface area contributed by atoms with E-state index in [-0.39, 0.29) is 18.4 Å². The van der Waals surface area contributed by atoms with Crippen LogP contribution < -0.4 is 10.2 Å². The number of benzene rings is 1. The second-order valence-corrected chi connectivity index (χ2v) is 7.94. The van der Waals surface area contributed by atoms with Crippen LogP contribution in [-0.4, -0.2) is 48.7 Å². The molecule has 4 aromatic rings. The Morgan fingerprint density at radius 2 is 1.94 bits per heavy atom. The van der Waals surface area contributed by atoms with Gasteiger partial charge < -0.3 is 14.6 Å². The van der Waals surface area contributed by atoms with E-state index in [1.807, 2.05) is 0 Å². The standard InChI is InChI=1S/C20H17F2N9O/c21-11-3-10(4-12(22)5-11)6-24-19-23-2-1-15(26-19)18-28-29-20(32-18)31-8-13-14(9-31)17(13)16-7-25-30-27-16/h1-5,7,13-14,17H,6,8-9H2,(H,23,24,26)(H,25,27,30). The molecule has 2 atom stereocenters. The van der Waals surface area contributed by atoms with Gasteiger partial charge in [-0.15, -0.1) is 5.10 Å². The molecule has 2 unspecified atom stereocenters. The smallest absolute Gasteiger partial charge is 0.318 e. The molecule has 1 saturated heterocycles. The number of hydrogen-bond donors (Lipinski definition) is 2. The van der Waals surface area contributed by atoms with Crippen molar-refractivity contribution in [3.8, 4) is 11.6 Å². The topological polar surface area (TPSA) is 122 Å². The number of anilines is 2. The van der Waals surface area contributed by atoms with Gasteiger partial charge in [0.2, 0.25) is 5.95 Å². The van der Waals surface area contributed by atoms with Gasteiger partial charge >= 0.3 is 6.01 Å². The van der Waals surface area contributed by atoms with Gasteiger partial charge in [0.1, 0.15) is 17.3 Å². The summed E-state index contributed by atoms with van der Waals surface area (Å²) in [6.07, 6.45) is 3.33. The normalized spacial score (nSPS) is 21.6. The average Bonchev–Trinajstić information content (AvgIpc) is 3.32. The highest BCUT2D eigenvalue weighted by Gasteiger charge is 2.58. The van der Waals surface area contributed by atoms with Gasteiger partial charge in [-0.25, -0.2) is 18.7 Å². The van der Waals surface area contributed by atoms with Crippen LogP contribution in [0.4, 0.5) is 20.7 Å². The van der Waals surface area contributed by atoms with E-state index in [4.69, 9.17) is 4.42 Å². The SMILES string of the molecule is Fc1cc(F)cc(CNc2nccc(-c3nnc(N4CC5C(C4)C5c4cn[nH]n4)o3)n2)c1. The summed E-state index contributed by atoms with van der Waals surface area (Å²) in [7, 11) is 0. The first-order chi connectivity index (χ1) is 15.6. The van der Waals surface area contributed by atoms with Gasteiger partial charge in [-0.1, -0.05) is 5.10 Å². The van der Waals surface area contributed by atoms with Gasteiger partial charge in [-0.2, -0.15) is 15.4 Å². The molecule has 2 fully saturated rings. The number of nitrogens with zero attached hydrogens (tertiary/aromatic N) is 7. The molecule has 12 heteroatoms. The fourth-order valence-electron chi connectivity index (χ4n) is 4.40. The second-order valence-electron chi connectivity index (χ2n) is 7.94. The highest BCUT2D eigenvalue weighted by molar-refractivity contribution is 5.50. The Morgan fingerprint density at radius 3 is 2.69 bits per heavy atom. The number of rotatable bonds is 6. The van der Waals surface area contributed by atoms with Crippen LogP contribution in [0.15, 0.2) is 41.1 Å². The minimum atomic E-state index is -0.637. The van der Waals surface area contributed by atoms with Crippen LogP contribution in [0.25, 0.3) is 11.6 Å². The summed E-state index contributed by atoms with van der Waals surface area (Å²) in [5.74, 6) is 0.745. The van der Waals surface area contributed by atoms with Crippen molar-refractivity contribution in [2.24, 2.45) is 11.8 Å². The summed E-state index contributed by atoms with van der Waals surface area (Å²) >= 11 is 0. The average molecular weight is 437 g/mol. The number of aromatic nitrogens is 7. The Morgan fingerprint density at radius 1 is 1.12 bits per heavy atom. The van der Waals surface area contributed by atoms with E-state index in [1.54, 1.807) is 18.5 Å². The molecular weight excluding hydrogens is 420 g/mol. The molecule has 1 aliphatic heterocycles. The number of halogens is 2. The van der Waals surface area contributed by atoms with Gasteiger partial charge in [-0.3, -0.25) is 0 Å². The maximum absolute atomic E-state index is 13.4. The Hall–Kier alpha value is -3.96. The van der Waals surface area contributed by atoms with Gasteiger partial charge in [-0.05, 0) is 35.6 Å². The summed E-state index contributed by atoms with van der Waals surface area (Å²) in [4.78, 5) is 10.6. The zero-order chi connectivity index (χ0) is 21.7. The van der Waals surface area contributed by atoms with E-state index in [1.165, 1.54) is 12.1 Å². The van der Waals surface area contributed by atoms with E-state index in [2.05, 4.69) is 45.8 Å². The zero-order valence-corrected chi connectivity index (χ0v) is 16.6. The predicted octanol–water partition coefficient (Wildman–Crippen LogP) is 2.38. The van der Waals surface area contributed by atoms with E-state index in [9.17, 15) is 8.78 Å². The van der Waals surface area contributed by atoms with E-state index in [0.717, 1.165) is 24.8 Å². The fourth-order valence-corrected chi connectivity index (χ4v) is 4.40. The van der Waals surface area contributed by atoms with Crippen molar-refractivity contribution in [3.63, 3.8) is 0 Å². The molecule has 2 N–H and O–H groups in total. The van der Waals surface area contributed by atoms with Crippen LogP contribution in [0, 0.1) is 23.5 Å². The zero-order valence-electron chi connectivity index (χ0n) is 16.6. The van der Waals surface area contributed by atoms with Gasteiger partial charge in [0.05, 0.1) is 11.9 Å². The number of piperidine rings is 1. The molecule has 2 aliphatic rings. The van der Waals surface area contributed by atoms with E-state index < -0.39 is 11.6 Å². The van der Waals surface area contributed by atoms with Crippen molar-refractivity contribution < 1.29 is 13.2 Å². The molecule has 3 aromatic heterocycles. The molecule has 1 aliphatic carbocycles. The summed E-state index contributed by atoms with van der Waals surface area (Å²) in [5, 5.41) is 22.0. The van der Waals surface area contributed by atoms with Crippen molar-refractivity contribution in [3.05, 3.63) is 59.6 Å². The van der Waals surface area contributed by atoms with Gasteiger partial charge in [0, 0.05) is 37.8 Å². The lowest BCUT2D eigenvalue weighted by atomic mass is 10.2.